The minimum absolute atomic E-state index is 0. The Morgan fingerprint density at radius 3 is 2.26 bits per heavy atom. The lowest BCUT2D eigenvalue weighted by molar-refractivity contribution is -0.121. The summed E-state index contributed by atoms with van der Waals surface area (Å²) in [5.41, 5.74) is 0.138. The van der Waals surface area contributed by atoms with Gasteiger partial charge < -0.3 is 16.0 Å². The summed E-state index contributed by atoms with van der Waals surface area (Å²) in [5, 5.41) is 9.24. The molecule has 1 unspecified atom stereocenters. The van der Waals surface area contributed by atoms with Crippen molar-refractivity contribution < 1.29 is 4.79 Å². The van der Waals surface area contributed by atoms with Gasteiger partial charge in [-0.25, -0.2) is 0 Å². The summed E-state index contributed by atoms with van der Waals surface area (Å²) in [7, 11) is 1.71. The molecule has 1 fully saturated rings. The molecule has 1 saturated carbocycles. The van der Waals surface area contributed by atoms with Crippen molar-refractivity contribution in [3.63, 3.8) is 0 Å². The predicted molar refractivity (Wildman–Crippen MR) is 90.0 cm³/mol. The average molecular weight is 382 g/mol. The van der Waals surface area contributed by atoms with Gasteiger partial charge in [0.15, 0.2) is 5.96 Å². The van der Waals surface area contributed by atoms with E-state index in [0.717, 1.165) is 6.42 Å². The molecule has 1 aliphatic rings. The predicted octanol–water partition coefficient (Wildman–Crippen LogP) is 1.48. The Morgan fingerprint density at radius 2 is 1.89 bits per heavy atom. The third-order valence-corrected chi connectivity index (χ3v) is 2.98. The molecule has 0 saturated heterocycles. The Hall–Kier alpha value is -0.530. The minimum Gasteiger partial charge on any atom is -0.353 e. The van der Waals surface area contributed by atoms with Gasteiger partial charge in [0, 0.05) is 18.6 Å². The molecule has 1 rings (SSSR count). The lowest BCUT2D eigenvalue weighted by atomic mass is 10.1. The number of nitrogens with one attached hydrogen (secondary N) is 3. The summed E-state index contributed by atoms with van der Waals surface area (Å²) in [6.07, 6.45) is 1.14. The molecule has 0 aromatic heterocycles. The zero-order valence-corrected chi connectivity index (χ0v) is 15.1. The van der Waals surface area contributed by atoms with Gasteiger partial charge in [0.1, 0.15) is 0 Å². The molecule has 6 heteroatoms. The molecule has 1 aliphatic carbocycles. The van der Waals surface area contributed by atoms with E-state index in [-0.39, 0.29) is 42.0 Å². The Bertz CT molecular complexity index is 347. The van der Waals surface area contributed by atoms with Crippen LogP contribution in [0.1, 0.15) is 41.0 Å². The molecule has 1 amide bonds. The van der Waals surface area contributed by atoms with Gasteiger partial charge in [-0.15, -0.1) is 24.0 Å². The number of hydrogen-bond acceptors (Lipinski definition) is 2. The van der Waals surface area contributed by atoms with Gasteiger partial charge in [-0.05, 0) is 32.6 Å². The van der Waals surface area contributed by atoms with Gasteiger partial charge in [0.05, 0.1) is 6.54 Å². The minimum atomic E-state index is -0.200. The van der Waals surface area contributed by atoms with Crippen LogP contribution in [-0.2, 0) is 4.79 Å². The van der Waals surface area contributed by atoms with Crippen LogP contribution >= 0.6 is 24.0 Å². The fourth-order valence-corrected chi connectivity index (χ4v) is 1.70. The van der Waals surface area contributed by atoms with Crippen molar-refractivity contribution in [1.82, 2.24) is 16.0 Å². The number of carbonyl (C=O) groups is 1. The van der Waals surface area contributed by atoms with Crippen molar-refractivity contribution in [2.24, 2.45) is 10.4 Å². The lowest BCUT2D eigenvalue weighted by Gasteiger charge is -2.21. The Balaban J connectivity index is 0.00000324. The van der Waals surface area contributed by atoms with Crippen molar-refractivity contribution >= 4 is 35.8 Å². The van der Waals surface area contributed by atoms with E-state index >= 15 is 0 Å². The summed E-state index contributed by atoms with van der Waals surface area (Å²) >= 11 is 0. The number of hydrogen-bond donors (Lipinski definition) is 3. The fourth-order valence-electron chi connectivity index (χ4n) is 1.70. The number of carbonyl (C=O) groups excluding carboxylic acids is 1. The molecule has 0 aliphatic heterocycles. The molecule has 0 spiro atoms. The van der Waals surface area contributed by atoms with Gasteiger partial charge in [0.25, 0.3) is 0 Å². The maximum absolute atomic E-state index is 11.7. The summed E-state index contributed by atoms with van der Waals surface area (Å²) in [6, 6.07) is 0.453. The first kappa shape index (κ1) is 18.5. The summed E-state index contributed by atoms with van der Waals surface area (Å²) in [5.74, 6) is 0.662. The van der Waals surface area contributed by atoms with E-state index in [1.807, 2.05) is 20.8 Å². The molecule has 112 valence electrons. The van der Waals surface area contributed by atoms with E-state index in [9.17, 15) is 4.79 Å². The monoisotopic (exact) mass is 382 g/mol. The molecule has 1 atom stereocenters. The van der Waals surface area contributed by atoms with Crippen LogP contribution in [-0.4, -0.2) is 37.0 Å². The standard InChI is InChI=1S/C13H26N4O.HI/c1-12(2,3)17-10(18)8-15-11(14-6)16-9-7-13(9,4)5;/h9H,7-8H2,1-6H3,(H,17,18)(H2,14,15,16);1H. The van der Waals surface area contributed by atoms with Crippen LogP contribution in [0.25, 0.3) is 0 Å². The average Bonchev–Trinajstić information content (AvgIpc) is 2.78. The summed E-state index contributed by atoms with van der Waals surface area (Å²) < 4.78 is 0. The number of guanidine groups is 1. The first-order chi connectivity index (χ1) is 8.14. The number of nitrogens with zero attached hydrogens (tertiary/aromatic N) is 1. The highest BCUT2D eigenvalue weighted by Crippen LogP contribution is 2.44. The van der Waals surface area contributed by atoms with Crippen LogP contribution in [0, 0.1) is 5.41 Å². The number of aliphatic imine (C=N–C) groups is 1. The third-order valence-electron chi connectivity index (χ3n) is 2.98. The molecule has 0 radical (unpaired) electrons. The Morgan fingerprint density at radius 1 is 1.37 bits per heavy atom. The smallest absolute Gasteiger partial charge is 0.239 e. The normalized spacial score (nSPS) is 21.2. The molecule has 0 aromatic rings. The van der Waals surface area contributed by atoms with E-state index in [1.165, 1.54) is 0 Å². The SMILES string of the molecule is CN=C(NCC(=O)NC(C)(C)C)NC1CC1(C)C.I. The third kappa shape index (κ3) is 6.98. The second-order valence-corrected chi connectivity index (χ2v) is 6.61. The molecular formula is C13H27IN4O. The fraction of sp³-hybridized carbons (Fsp3) is 0.846. The van der Waals surface area contributed by atoms with Crippen molar-refractivity contribution in [3.8, 4) is 0 Å². The summed E-state index contributed by atoms with van der Waals surface area (Å²) in [6.45, 7) is 10.6. The van der Waals surface area contributed by atoms with E-state index in [2.05, 4.69) is 34.8 Å². The van der Waals surface area contributed by atoms with Crippen LogP contribution in [0.5, 0.6) is 0 Å². The van der Waals surface area contributed by atoms with Crippen molar-refractivity contribution in [2.75, 3.05) is 13.6 Å². The molecule has 0 heterocycles. The number of rotatable bonds is 3. The molecule has 0 bridgehead atoms. The highest BCUT2D eigenvalue weighted by Gasteiger charge is 2.46. The van der Waals surface area contributed by atoms with E-state index in [1.54, 1.807) is 7.05 Å². The highest BCUT2D eigenvalue weighted by molar-refractivity contribution is 14.0. The van der Waals surface area contributed by atoms with E-state index < -0.39 is 0 Å². The highest BCUT2D eigenvalue weighted by atomic mass is 127. The Kier molecular flexibility index (Phi) is 6.57. The van der Waals surface area contributed by atoms with Gasteiger partial charge in [-0.1, -0.05) is 13.8 Å². The second kappa shape index (κ2) is 6.76. The van der Waals surface area contributed by atoms with Gasteiger partial charge in [0.2, 0.25) is 5.91 Å². The lowest BCUT2D eigenvalue weighted by Crippen LogP contribution is -2.48. The topological polar surface area (TPSA) is 65.5 Å². The van der Waals surface area contributed by atoms with E-state index in [4.69, 9.17) is 0 Å². The summed E-state index contributed by atoms with van der Waals surface area (Å²) in [4.78, 5) is 15.8. The van der Waals surface area contributed by atoms with Crippen molar-refractivity contribution in [3.05, 3.63) is 0 Å². The van der Waals surface area contributed by atoms with Crippen molar-refractivity contribution in [2.45, 2.75) is 52.6 Å². The van der Waals surface area contributed by atoms with Crippen LogP contribution < -0.4 is 16.0 Å². The quantitative estimate of drug-likeness (QED) is 0.394. The second-order valence-electron chi connectivity index (χ2n) is 6.61. The molecule has 3 N–H and O–H groups in total. The zero-order chi connectivity index (χ0) is 14.0. The van der Waals surface area contributed by atoms with E-state index in [0.29, 0.717) is 17.4 Å². The molecule has 5 nitrogen and oxygen atoms in total. The van der Waals surface area contributed by atoms with Crippen molar-refractivity contribution in [1.29, 1.82) is 0 Å². The van der Waals surface area contributed by atoms with Gasteiger partial charge >= 0.3 is 0 Å². The number of halogens is 1. The Labute approximate surface area is 133 Å². The van der Waals surface area contributed by atoms with Crippen LogP contribution in [0.15, 0.2) is 4.99 Å². The van der Waals surface area contributed by atoms with Crippen LogP contribution in [0.3, 0.4) is 0 Å². The van der Waals surface area contributed by atoms with Crippen LogP contribution in [0.2, 0.25) is 0 Å². The largest absolute Gasteiger partial charge is 0.353 e. The number of amides is 1. The van der Waals surface area contributed by atoms with Crippen LogP contribution in [0.4, 0.5) is 0 Å². The first-order valence-electron chi connectivity index (χ1n) is 6.42. The zero-order valence-electron chi connectivity index (χ0n) is 12.8. The first-order valence-corrected chi connectivity index (χ1v) is 6.42. The van der Waals surface area contributed by atoms with Gasteiger partial charge in [-0.2, -0.15) is 0 Å². The molecule has 19 heavy (non-hydrogen) atoms. The molecular weight excluding hydrogens is 355 g/mol. The maximum Gasteiger partial charge on any atom is 0.239 e. The maximum atomic E-state index is 11.7. The van der Waals surface area contributed by atoms with Gasteiger partial charge in [-0.3, -0.25) is 9.79 Å². The molecule has 0 aromatic carbocycles.